The first-order valence-electron chi connectivity index (χ1n) is 13.2. The molecule has 0 bridgehead atoms. The van der Waals surface area contributed by atoms with Gasteiger partial charge in [-0.1, -0.05) is 0 Å². The fourth-order valence-corrected chi connectivity index (χ4v) is 5.47. The maximum Gasteiger partial charge on any atom is 0.259 e. The fourth-order valence-electron chi connectivity index (χ4n) is 5.47. The number of fused-ring (bicyclic) bond motifs is 2. The molecule has 0 atom stereocenters. The van der Waals surface area contributed by atoms with Gasteiger partial charge in [-0.3, -0.25) is 14.6 Å². The molecule has 5 heterocycles. The lowest BCUT2D eigenvalue weighted by Gasteiger charge is -2.34. The van der Waals surface area contributed by atoms with Crippen molar-refractivity contribution >= 4 is 34.0 Å². The molecule has 1 aromatic carbocycles. The van der Waals surface area contributed by atoms with Crippen LogP contribution < -0.4 is 15.5 Å². The van der Waals surface area contributed by atoms with Crippen LogP contribution in [0.15, 0.2) is 43.0 Å². The summed E-state index contributed by atoms with van der Waals surface area (Å²) in [4.78, 5) is 25.2. The number of nitrogens with zero attached hydrogens (tertiary/aromatic N) is 7. The van der Waals surface area contributed by atoms with Crippen molar-refractivity contribution in [3.8, 4) is 11.4 Å². The van der Waals surface area contributed by atoms with Crippen molar-refractivity contribution in [2.45, 2.75) is 44.7 Å². The summed E-state index contributed by atoms with van der Waals surface area (Å²) < 4.78 is 3.65. The highest BCUT2D eigenvalue weighted by Gasteiger charge is 2.28. The number of anilines is 2. The molecular formula is C27H30N10O. The minimum atomic E-state index is -0.247. The predicted octanol–water partition coefficient (Wildman–Crippen LogP) is 3.29. The van der Waals surface area contributed by atoms with E-state index in [0.29, 0.717) is 34.3 Å². The highest BCUT2D eigenvalue weighted by atomic mass is 16.1. The number of hydrogen-bond acceptors (Lipinski definition) is 7. The number of carbonyl (C=O) groups is 1. The molecule has 1 amide bonds. The van der Waals surface area contributed by atoms with E-state index in [4.69, 9.17) is 0 Å². The molecule has 0 spiro atoms. The maximum absolute atomic E-state index is 13.5. The lowest BCUT2D eigenvalue weighted by atomic mass is 10.0. The zero-order valence-corrected chi connectivity index (χ0v) is 21.5. The summed E-state index contributed by atoms with van der Waals surface area (Å²) in [6, 6.07) is 7.12. The van der Waals surface area contributed by atoms with Crippen molar-refractivity contribution in [3.63, 3.8) is 0 Å². The van der Waals surface area contributed by atoms with Gasteiger partial charge in [0.25, 0.3) is 5.91 Å². The SMILES string of the molecule is Cc1cn2cc(NC(=O)c3ccc(N4CCC(NC5CC5)CC4)c4cn(C)nc34)nc2c(-c2ccn[nH]2)n1. The van der Waals surface area contributed by atoms with Gasteiger partial charge in [0, 0.05) is 61.9 Å². The van der Waals surface area contributed by atoms with Crippen LogP contribution in [0.4, 0.5) is 11.5 Å². The van der Waals surface area contributed by atoms with Crippen molar-refractivity contribution in [1.29, 1.82) is 0 Å². The lowest BCUT2D eigenvalue weighted by Crippen LogP contribution is -2.43. The van der Waals surface area contributed by atoms with Crippen molar-refractivity contribution in [3.05, 3.63) is 54.2 Å². The number of aromatic amines is 1. The Hall–Kier alpha value is -4.25. The van der Waals surface area contributed by atoms with E-state index in [-0.39, 0.29) is 5.91 Å². The maximum atomic E-state index is 13.5. The average Bonchev–Trinajstić information content (AvgIpc) is 3.26. The van der Waals surface area contributed by atoms with Crippen molar-refractivity contribution < 1.29 is 4.79 Å². The average molecular weight is 511 g/mol. The van der Waals surface area contributed by atoms with Crippen molar-refractivity contribution in [2.24, 2.45) is 7.05 Å². The number of benzene rings is 1. The molecule has 4 aromatic heterocycles. The molecule has 1 aliphatic heterocycles. The van der Waals surface area contributed by atoms with Gasteiger partial charge in [0.15, 0.2) is 11.5 Å². The zero-order valence-electron chi connectivity index (χ0n) is 21.5. The first-order chi connectivity index (χ1) is 18.5. The molecular weight excluding hydrogens is 480 g/mol. The van der Waals surface area contributed by atoms with E-state index in [1.165, 1.54) is 12.8 Å². The molecule has 194 valence electrons. The number of aryl methyl sites for hydroxylation is 2. The summed E-state index contributed by atoms with van der Waals surface area (Å²) in [6.45, 7) is 3.91. The Labute approximate surface area is 219 Å². The van der Waals surface area contributed by atoms with Gasteiger partial charge in [0.1, 0.15) is 11.2 Å². The van der Waals surface area contributed by atoms with E-state index in [9.17, 15) is 4.79 Å². The van der Waals surface area contributed by atoms with E-state index < -0.39 is 0 Å². The van der Waals surface area contributed by atoms with Gasteiger partial charge in [0.05, 0.1) is 23.1 Å². The minimum Gasteiger partial charge on any atom is -0.371 e. The second kappa shape index (κ2) is 8.95. The summed E-state index contributed by atoms with van der Waals surface area (Å²) in [5.74, 6) is 0.199. The van der Waals surface area contributed by atoms with E-state index in [1.807, 2.05) is 42.9 Å². The molecule has 1 aliphatic carbocycles. The van der Waals surface area contributed by atoms with Gasteiger partial charge in [-0.15, -0.1) is 0 Å². The Balaban J connectivity index is 1.16. The zero-order chi connectivity index (χ0) is 25.8. The van der Waals surface area contributed by atoms with E-state index >= 15 is 0 Å². The number of H-pyrrole nitrogens is 1. The quantitative estimate of drug-likeness (QED) is 0.321. The van der Waals surface area contributed by atoms with Crippen molar-refractivity contribution in [1.82, 2.24) is 39.7 Å². The number of nitrogens with one attached hydrogen (secondary N) is 3. The van der Waals surface area contributed by atoms with Crippen LogP contribution in [-0.2, 0) is 7.05 Å². The third-order valence-corrected chi connectivity index (χ3v) is 7.45. The molecule has 38 heavy (non-hydrogen) atoms. The van der Waals surface area contributed by atoms with E-state index in [2.05, 4.69) is 46.9 Å². The van der Waals surface area contributed by atoms with Crippen LogP contribution in [0.2, 0.25) is 0 Å². The largest absolute Gasteiger partial charge is 0.371 e. The molecule has 2 fully saturated rings. The molecule has 11 nitrogen and oxygen atoms in total. The van der Waals surface area contributed by atoms with Crippen LogP contribution in [0.1, 0.15) is 41.7 Å². The number of carbonyl (C=O) groups excluding carboxylic acids is 1. The molecule has 11 heteroatoms. The summed E-state index contributed by atoms with van der Waals surface area (Å²) in [7, 11) is 1.89. The number of hydrogen-bond donors (Lipinski definition) is 3. The summed E-state index contributed by atoms with van der Waals surface area (Å²) in [6.07, 6.45) is 12.3. The number of amides is 1. The predicted molar refractivity (Wildman–Crippen MR) is 145 cm³/mol. The van der Waals surface area contributed by atoms with Gasteiger partial charge in [-0.2, -0.15) is 10.2 Å². The second-order valence-corrected chi connectivity index (χ2v) is 10.4. The topological polar surface area (TPSA) is 121 Å². The van der Waals surface area contributed by atoms with Gasteiger partial charge < -0.3 is 19.9 Å². The number of imidazole rings is 1. The van der Waals surface area contributed by atoms with Crippen molar-refractivity contribution in [2.75, 3.05) is 23.3 Å². The van der Waals surface area contributed by atoms with Crippen LogP contribution in [0.5, 0.6) is 0 Å². The van der Waals surface area contributed by atoms with Gasteiger partial charge in [0.2, 0.25) is 0 Å². The van der Waals surface area contributed by atoms with Crippen LogP contribution in [0, 0.1) is 6.92 Å². The number of rotatable bonds is 6. The van der Waals surface area contributed by atoms with Gasteiger partial charge in [-0.25, -0.2) is 9.97 Å². The molecule has 0 unspecified atom stereocenters. The second-order valence-electron chi connectivity index (χ2n) is 10.4. The third-order valence-electron chi connectivity index (χ3n) is 7.45. The Morgan fingerprint density at radius 3 is 2.61 bits per heavy atom. The number of aromatic nitrogens is 7. The van der Waals surface area contributed by atoms with Crippen LogP contribution >= 0.6 is 0 Å². The molecule has 2 aliphatic rings. The normalized spacial score (nSPS) is 16.5. The monoisotopic (exact) mass is 510 g/mol. The first-order valence-corrected chi connectivity index (χ1v) is 13.2. The summed E-state index contributed by atoms with van der Waals surface area (Å²) >= 11 is 0. The molecule has 1 saturated carbocycles. The molecule has 3 N–H and O–H groups in total. The van der Waals surface area contributed by atoms with E-state index in [0.717, 1.165) is 54.4 Å². The van der Waals surface area contributed by atoms with Crippen LogP contribution in [0.3, 0.4) is 0 Å². The van der Waals surface area contributed by atoms with Crippen LogP contribution in [-0.4, -0.2) is 65.4 Å². The molecule has 7 rings (SSSR count). The fraction of sp³-hybridized carbons (Fsp3) is 0.370. The smallest absolute Gasteiger partial charge is 0.259 e. The highest BCUT2D eigenvalue weighted by molar-refractivity contribution is 6.13. The Bertz CT molecular complexity index is 1640. The molecule has 5 aromatic rings. The first kappa shape index (κ1) is 22.9. The summed E-state index contributed by atoms with van der Waals surface area (Å²) in [5, 5.41) is 19.4. The Kier molecular flexibility index (Phi) is 5.39. The standard InChI is InChI=1S/C27H30N10O/c1-16-13-37-15-23(31-26(37)25(29-16)21-7-10-28-33-21)32-27(38)19-5-6-22(20-14-35(2)34-24(19)20)36-11-8-18(9-12-36)30-17-3-4-17/h5-7,10,13-15,17-18,30H,3-4,8-9,11-12H2,1-2H3,(H,28,33)(H,32,38). The Morgan fingerprint density at radius 1 is 1.03 bits per heavy atom. The van der Waals surface area contributed by atoms with E-state index in [1.54, 1.807) is 17.1 Å². The Morgan fingerprint density at radius 2 is 1.84 bits per heavy atom. The minimum absolute atomic E-state index is 0.247. The summed E-state index contributed by atoms with van der Waals surface area (Å²) in [5.41, 5.74) is 5.25. The van der Waals surface area contributed by atoms with Gasteiger partial charge in [-0.05, 0) is 50.8 Å². The van der Waals surface area contributed by atoms with Crippen LogP contribution in [0.25, 0.3) is 27.9 Å². The highest BCUT2D eigenvalue weighted by Crippen LogP contribution is 2.32. The molecule has 0 radical (unpaired) electrons. The third kappa shape index (κ3) is 4.18. The van der Waals surface area contributed by atoms with Gasteiger partial charge >= 0.3 is 0 Å². The lowest BCUT2D eigenvalue weighted by molar-refractivity contribution is 0.102. The molecule has 1 saturated heterocycles. The number of piperidine rings is 1.